The lowest BCUT2D eigenvalue weighted by atomic mass is 10.1. The highest BCUT2D eigenvalue weighted by Gasteiger charge is 2.15. The number of aromatic nitrogens is 1. The fourth-order valence-electron chi connectivity index (χ4n) is 3.40. The molecule has 1 atom stereocenters. The molecule has 1 saturated heterocycles. The number of allylic oxidation sites excluding steroid dienone is 1. The maximum absolute atomic E-state index is 12.0. The van der Waals surface area contributed by atoms with Crippen LogP contribution in [0.2, 0.25) is 0 Å². The Balaban J connectivity index is 1.40. The predicted molar refractivity (Wildman–Crippen MR) is 116 cm³/mol. The average molecular weight is 432 g/mol. The Morgan fingerprint density at radius 3 is 2.93 bits per heavy atom. The van der Waals surface area contributed by atoms with Crippen LogP contribution in [0.1, 0.15) is 36.3 Å². The number of rotatable bonds is 10. The molecule has 1 fully saturated rings. The SMILES string of the molecule is O=C(C[S+]([O-])Cc1ccco1)NC/C(O)=C/Cc1cc(CN2CCCCC2)ccn1. The van der Waals surface area contributed by atoms with Gasteiger partial charge in [-0.25, -0.2) is 0 Å². The van der Waals surface area contributed by atoms with Crippen LogP contribution in [0.4, 0.5) is 0 Å². The topological polar surface area (TPSA) is 102 Å². The zero-order valence-corrected chi connectivity index (χ0v) is 17.9. The summed E-state index contributed by atoms with van der Waals surface area (Å²) in [5.74, 6) is 0.333. The number of piperidine rings is 1. The van der Waals surface area contributed by atoms with E-state index in [2.05, 4.69) is 21.3 Å². The van der Waals surface area contributed by atoms with Crippen LogP contribution in [0, 0.1) is 0 Å². The third kappa shape index (κ3) is 7.85. The monoisotopic (exact) mass is 431 g/mol. The molecule has 2 aromatic rings. The fourth-order valence-corrected chi connectivity index (χ4v) is 4.38. The summed E-state index contributed by atoms with van der Waals surface area (Å²) in [5, 5.41) is 12.6. The van der Waals surface area contributed by atoms with Crippen LogP contribution in [-0.4, -0.2) is 50.8 Å². The molecule has 1 unspecified atom stereocenters. The molecule has 0 bridgehead atoms. The van der Waals surface area contributed by atoms with Gasteiger partial charge in [-0.3, -0.25) is 14.7 Å². The molecule has 1 aliphatic heterocycles. The average Bonchev–Trinajstić information content (AvgIpc) is 3.24. The molecule has 30 heavy (non-hydrogen) atoms. The maximum atomic E-state index is 12.0. The van der Waals surface area contributed by atoms with Crippen LogP contribution in [-0.2, 0) is 34.7 Å². The molecule has 0 aromatic carbocycles. The van der Waals surface area contributed by atoms with Crippen LogP contribution in [0.5, 0.6) is 0 Å². The third-order valence-corrected chi connectivity index (χ3v) is 6.12. The lowest BCUT2D eigenvalue weighted by molar-refractivity contribution is -0.118. The molecule has 8 heteroatoms. The number of hydrogen-bond donors (Lipinski definition) is 2. The molecule has 3 heterocycles. The van der Waals surface area contributed by atoms with E-state index < -0.39 is 11.2 Å². The summed E-state index contributed by atoms with van der Waals surface area (Å²) in [6.45, 7) is 3.22. The molecular formula is C22H29N3O4S. The summed E-state index contributed by atoms with van der Waals surface area (Å²) in [7, 11) is 0. The molecule has 162 valence electrons. The van der Waals surface area contributed by atoms with Gasteiger partial charge in [-0.05, 0) is 73.0 Å². The lowest BCUT2D eigenvalue weighted by Gasteiger charge is -2.26. The molecule has 0 saturated carbocycles. The Bertz CT molecular complexity index is 820. The van der Waals surface area contributed by atoms with Gasteiger partial charge in [0.1, 0.15) is 5.76 Å². The Morgan fingerprint density at radius 1 is 1.33 bits per heavy atom. The molecule has 1 amide bonds. The number of likely N-dealkylation sites (tertiary alicyclic amines) is 1. The van der Waals surface area contributed by atoms with Crippen molar-refractivity contribution in [1.29, 1.82) is 0 Å². The number of aliphatic hydroxyl groups is 1. The standard InChI is InChI=1S/C22H29N3O4S/c26-20(14-24-22(27)17-30(28)16-21-5-4-12-29-21)7-6-19-13-18(8-9-23-19)15-25-10-2-1-3-11-25/h4-5,7-9,12-13,26H,1-3,6,10-11,14-17H2,(H,24,27)/b20-7-. The first-order valence-electron chi connectivity index (χ1n) is 10.3. The predicted octanol–water partition coefficient (Wildman–Crippen LogP) is 2.71. The van der Waals surface area contributed by atoms with Crippen molar-refractivity contribution >= 4 is 17.1 Å². The van der Waals surface area contributed by atoms with E-state index in [-0.39, 0.29) is 29.7 Å². The van der Waals surface area contributed by atoms with E-state index in [0.717, 1.165) is 25.3 Å². The number of amides is 1. The van der Waals surface area contributed by atoms with Crippen molar-refractivity contribution < 1.29 is 18.9 Å². The number of nitrogens with zero attached hydrogens (tertiary/aromatic N) is 2. The number of carbonyl (C=O) groups is 1. The molecule has 2 N–H and O–H groups in total. The van der Waals surface area contributed by atoms with Gasteiger partial charge < -0.3 is 19.4 Å². The Kier molecular flexibility index (Phi) is 8.80. The van der Waals surface area contributed by atoms with Crippen molar-refractivity contribution in [2.75, 3.05) is 25.4 Å². The minimum absolute atomic E-state index is 0.00422. The maximum Gasteiger partial charge on any atom is 0.270 e. The smallest absolute Gasteiger partial charge is 0.270 e. The van der Waals surface area contributed by atoms with Crippen molar-refractivity contribution in [2.45, 2.75) is 38.0 Å². The van der Waals surface area contributed by atoms with Crippen LogP contribution < -0.4 is 5.32 Å². The number of aliphatic hydroxyl groups excluding tert-OH is 1. The minimum atomic E-state index is -1.35. The largest absolute Gasteiger partial charge is 0.616 e. The second-order valence-corrected chi connectivity index (χ2v) is 8.93. The zero-order chi connectivity index (χ0) is 21.2. The summed E-state index contributed by atoms with van der Waals surface area (Å²) in [6, 6.07) is 7.53. The fraction of sp³-hybridized carbons (Fsp3) is 0.455. The van der Waals surface area contributed by atoms with Crippen LogP contribution >= 0.6 is 0 Å². The minimum Gasteiger partial charge on any atom is -0.616 e. The molecule has 1 aliphatic rings. The summed E-state index contributed by atoms with van der Waals surface area (Å²) in [4.78, 5) is 18.7. The molecule has 0 radical (unpaired) electrons. The number of furan rings is 1. The third-order valence-electron chi connectivity index (χ3n) is 4.92. The number of hydrogen-bond acceptors (Lipinski definition) is 6. The van der Waals surface area contributed by atoms with E-state index >= 15 is 0 Å². The molecule has 0 aliphatic carbocycles. The van der Waals surface area contributed by atoms with E-state index in [1.807, 2.05) is 6.07 Å². The highest BCUT2D eigenvalue weighted by atomic mass is 32.2. The first-order chi connectivity index (χ1) is 14.6. The van der Waals surface area contributed by atoms with Gasteiger partial charge in [0.2, 0.25) is 0 Å². The summed E-state index contributed by atoms with van der Waals surface area (Å²) >= 11 is -1.35. The Hall–Kier alpha value is -2.29. The summed E-state index contributed by atoms with van der Waals surface area (Å²) < 4.78 is 17.1. The van der Waals surface area contributed by atoms with E-state index in [9.17, 15) is 14.5 Å². The van der Waals surface area contributed by atoms with Crippen LogP contribution in [0.15, 0.2) is 53.0 Å². The molecule has 0 spiro atoms. The van der Waals surface area contributed by atoms with Crippen molar-refractivity contribution in [3.63, 3.8) is 0 Å². The van der Waals surface area contributed by atoms with Gasteiger partial charge in [-0.2, -0.15) is 0 Å². The summed E-state index contributed by atoms with van der Waals surface area (Å²) in [6.07, 6.45) is 9.28. The first-order valence-corrected chi connectivity index (χ1v) is 11.8. The highest BCUT2D eigenvalue weighted by Crippen LogP contribution is 2.13. The van der Waals surface area contributed by atoms with Gasteiger partial charge in [0.15, 0.2) is 17.3 Å². The molecule has 3 rings (SSSR count). The summed E-state index contributed by atoms with van der Waals surface area (Å²) in [5.41, 5.74) is 2.10. The van der Waals surface area contributed by atoms with Crippen molar-refractivity contribution in [3.8, 4) is 0 Å². The van der Waals surface area contributed by atoms with Gasteiger partial charge in [0.25, 0.3) is 5.91 Å². The number of carbonyl (C=O) groups excluding carboxylic acids is 1. The molecular weight excluding hydrogens is 402 g/mol. The quantitative estimate of drug-likeness (QED) is 0.443. The first kappa shape index (κ1) is 22.4. The number of pyridine rings is 1. The van der Waals surface area contributed by atoms with Gasteiger partial charge in [-0.1, -0.05) is 6.42 Å². The van der Waals surface area contributed by atoms with Gasteiger partial charge in [0, 0.05) is 24.9 Å². The van der Waals surface area contributed by atoms with Crippen molar-refractivity contribution in [1.82, 2.24) is 15.2 Å². The molecule has 2 aromatic heterocycles. The lowest BCUT2D eigenvalue weighted by Crippen LogP contribution is -2.32. The van der Waals surface area contributed by atoms with E-state index in [4.69, 9.17) is 4.42 Å². The van der Waals surface area contributed by atoms with Crippen molar-refractivity contribution in [2.24, 2.45) is 0 Å². The van der Waals surface area contributed by atoms with E-state index in [1.54, 1.807) is 24.4 Å². The van der Waals surface area contributed by atoms with Crippen LogP contribution in [0.3, 0.4) is 0 Å². The highest BCUT2D eigenvalue weighted by molar-refractivity contribution is 7.91. The van der Waals surface area contributed by atoms with Gasteiger partial charge in [0.05, 0.1) is 12.8 Å². The van der Waals surface area contributed by atoms with Gasteiger partial charge >= 0.3 is 0 Å². The zero-order valence-electron chi connectivity index (χ0n) is 17.1. The Morgan fingerprint density at radius 2 is 2.17 bits per heavy atom. The van der Waals surface area contributed by atoms with Crippen LogP contribution in [0.25, 0.3) is 0 Å². The second-order valence-electron chi connectivity index (χ2n) is 7.48. The van der Waals surface area contributed by atoms with Crippen molar-refractivity contribution in [3.05, 3.63) is 65.6 Å². The van der Waals surface area contributed by atoms with E-state index in [0.29, 0.717) is 12.2 Å². The second kappa shape index (κ2) is 11.8. The Labute approximate surface area is 180 Å². The van der Waals surface area contributed by atoms with E-state index in [1.165, 1.54) is 31.1 Å². The normalized spacial score (nSPS) is 16.4. The molecule has 7 nitrogen and oxygen atoms in total. The van der Waals surface area contributed by atoms with Gasteiger partial charge in [-0.15, -0.1) is 0 Å². The number of nitrogens with one attached hydrogen (secondary N) is 1.